The Morgan fingerprint density at radius 2 is 1.79 bits per heavy atom. The monoisotopic (exact) mass is 210 g/mol. The van der Waals surface area contributed by atoms with Crippen molar-refractivity contribution in [1.29, 1.82) is 0 Å². The van der Waals surface area contributed by atoms with Crippen LogP contribution in [0.1, 0.15) is 33.6 Å². The molecule has 0 amide bonds. The molecule has 0 fully saturated rings. The fourth-order valence-electron chi connectivity index (χ4n) is 1.44. The highest BCUT2D eigenvalue weighted by atomic mass is 28.3. The first-order valence-electron chi connectivity index (χ1n) is 5.50. The minimum absolute atomic E-state index is 0.374. The Labute approximate surface area is 91.1 Å². The van der Waals surface area contributed by atoms with Gasteiger partial charge >= 0.3 is 0 Å². The fourth-order valence-corrected chi connectivity index (χ4v) is 2.95. The minimum atomic E-state index is -1.13. The highest BCUT2D eigenvalue weighted by Crippen LogP contribution is 2.43. The van der Waals surface area contributed by atoms with Crippen LogP contribution < -0.4 is 0 Å². The van der Waals surface area contributed by atoms with E-state index in [9.17, 15) is 0 Å². The third-order valence-corrected chi connectivity index (χ3v) is 7.26. The Bertz CT molecular complexity index is 216. The predicted octanol–water partition coefficient (Wildman–Crippen LogP) is 5.02. The van der Waals surface area contributed by atoms with Crippen molar-refractivity contribution in [2.24, 2.45) is 0 Å². The topological polar surface area (TPSA) is 0 Å². The van der Waals surface area contributed by atoms with E-state index in [4.69, 9.17) is 0 Å². The number of rotatable bonds is 5. The van der Waals surface area contributed by atoms with Gasteiger partial charge in [-0.2, -0.15) is 0 Å². The highest BCUT2D eigenvalue weighted by Gasteiger charge is 2.35. The molecule has 0 bridgehead atoms. The molecular weight excluding hydrogens is 184 g/mol. The second-order valence-corrected chi connectivity index (χ2v) is 11.3. The summed E-state index contributed by atoms with van der Waals surface area (Å²) >= 11 is 0. The van der Waals surface area contributed by atoms with Gasteiger partial charge < -0.3 is 0 Å². The lowest BCUT2D eigenvalue weighted by Gasteiger charge is -2.38. The van der Waals surface area contributed by atoms with Crippen LogP contribution in [0, 0.1) is 0 Å². The molecule has 0 N–H and O–H groups in total. The molecule has 0 aliphatic carbocycles. The van der Waals surface area contributed by atoms with Crippen molar-refractivity contribution in [2.75, 3.05) is 0 Å². The van der Waals surface area contributed by atoms with Crippen LogP contribution in [0.2, 0.25) is 24.7 Å². The molecule has 0 rings (SSSR count). The Hall–Kier alpha value is -0.303. The average molecular weight is 210 g/mol. The number of hydrogen-bond acceptors (Lipinski definition) is 0. The maximum Gasteiger partial charge on any atom is 0.0545 e. The Balaban J connectivity index is 4.43. The van der Waals surface area contributed by atoms with Gasteiger partial charge in [-0.3, -0.25) is 0 Å². The van der Waals surface area contributed by atoms with E-state index in [1.807, 2.05) is 0 Å². The first-order chi connectivity index (χ1) is 6.23. The Morgan fingerprint density at radius 3 is 2.07 bits per heavy atom. The standard InChI is InChI=1S/C13H26Si/c1-8-13(4,14(5,6)7)11-9-10-12(2)3/h8,10H,1,9,11H2,2-7H3. The summed E-state index contributed by atoms with van der Waals surface area (Å²) in [7, 11) is -1.13. The smallest absolute Gasteiger partial charge is 0.0545 e. The molecule has 0 aliphatic rings. The van der Waals surface area contributed by atoms with Crippen molar-refractivity contribution in [3.8, 4) is 0 Å². The van der Waals surface area contributed by atoms with Crippen LogP contribution in [0.25, 0.3) is 0 Å². The lowest BCUT2D eigenvalue weighted by molar-refractivity contribution is 0.652. The number of hydrogen-bond donors (Lipinski definition) is 0. The molecule has 0 aromatic heterocycles. The molecule has 0 heterocycles. The summed E-state index contributed by atoms with van der Waals surface area (Å²) in [6, 6.07) is 0. The predicted molar refractivity (Wildman–Crippen MR) is 70.6 cm³/mol. The quantitative estimate of drug-likeness (QED) is 0.441. The third kappa shape index (κ3) is 3.83. The highest BCUT2D eigenvalue weighted by molar-refractivity contribution is 6.79. The van der Waals surface area contributed by atoms with Crippen molar-refractivity contribution in [3.05, 3.63) is 24.3 Å². The Morgan fingerprint density at radius 1 is 1.29 bits per heavy atom. The summed E-state index contributed by atoms with van der Waals surface area (Å²) < 4.78 is 0. The molecule has 1 atom stereocenters. The normalized spacial score (nSPS) is 15.9. The molecule has 0 saturated carbocycles. The van der Waals surface area contributed by atoms with Crippen molar-refractivity contribution >= 4 is 8.07 Å². The van der Waals surface area contributed by atoms with Crippen molar-refractivity contribution in [2.45, 2.75) is 58.3 Å². The molecular formula is C13H26Si. The molecule has 14 heavy (non-hydrogen) atoms. The van der Waals surface area contributed by atoms with Gasteiger partial charge in [0.25, 0.3) is 0 Å². The molecule has 0 saturated heterocycles. The first kappa shape index (κ1) is 13.7. The summed E-state index contributed by atoms with van der Waals surface area (Å²) in [6.45, 7) is 18.0. The van der Waals surface area contributed by atoms with E-state index in [1.165, 1.54) is 18.4 Å². The van der Waals surface area contributed by atoms with E-state index in [0.29, 0.717) is 5.04 Å². The second kappa shape index (κ2) is 4.97. The summed E-state index contributed by atoms with van der Waals surface area (Å²) in [4.78, 5) is 0. The van der Waals surface area contributed by atoms with E-state index < -0.39 is 8.07 Å². The largest absolute Gasteiger partial charge is 0.103 e. The van der Waals surface area contributed by atoms with Crippen LogP contribution in [-0.2, 0) is 0 Å². The van der Waals surface area contributed by atoms with Crippen LogP contribution in [0.15, 0.2) is 24.3 Å². The van der Waals surface area contributed by atoms with Crippen molar-refractivity contribution in [3.63, 3.8) is 0 Å². The summed E-state index contributed by atoms with van der Waals surface area (Å²) in [6.07, 6.45) is 6.95. The van der Waals surface area contributed by atoms with E-state index in [1.54, 1.807) is 0 Å². The molecule has 0 aliphatic heterocycles. The summed E-state index contributed by atoms with van der Waals surface area (Å²) in [5.74, 6) is 0. The van der Waals surface area contributed by atoms with E-state index in [2.05, 4.69) is 59.1 Å². The lowest BCUT2D eigenvalue weighted by atomic mass is 10.0. The van der Waals surface area contributed by atoms with E-state index in [0.717, 1.165) is 0 Å². The molecule has 0 radical (unpaired) electrons. The van der Waals surface area contributed by atoms with Crippen LogP contribution in [0.4, 0.5) is 0 Å². The van der Waals surface area contributed by atoms with Crippen LogP contribution in [0.3, 0.4) is 0 Å². The van der Waals surface area contributed by atoms with Gasteiger partial charge in [0, 0.05) is 0 Å². The van der Waals surface area contributed by atoms with Gasteiger partial charge in [0.05, 0.1) is 8.07 Å². The molecule has 82 valence electrons. The van der Waals surface area contributed by atoms with Gasteiger partial charge in [0.2, 0.25) is 0 Å². The zero-order valence-corrected chi connectivity index (χ0v) is 11.8. The summed E-state index contributed by atoms with van der Waals surface area (Å²) in [5, 5.41) is 0.374. The fraction of sp³-hybridized carbons (Fsp3) is 0.692. The number of allylic oxidation sites excluding steroid dienone is 3. The van der Waals surface area contributed by atoms with E-state index in [-0.39, 0.29) is 0 Å². The molecule has 0 aromatic carbocycles. The maximum atomic E-state index is 4.01. The van der Waals surface area contributed by atoms with Crippen molar-refractivity contribution < 1.29 is 0 Å². The van der Waals surface area contributed by atoms with Gasteiger partial charge in [-0.1, -0.05) is 44.3 Å². The van der Waals surface area contributed by atoms with Gasteiger partial charge in [0.1, 0.15) is 0 Å². The zero-order valence-electron chi connectivity index (χ0n) is 10.8. The lowest BCUT2D eigenvalue weighted by Crippen LogP contribution is -2.35. The second-order valence-electron chi connectivity index (χ2n) is 5.69. The third-order valence-electron chi connectivity index (χ3n) is 3.38. The molecule has 0 spiro atoms. The molecule has 1 unspecified atom stereocenters. The minimum Gasteiger partial charge on any atom is -0.103 e. The van der Waals surface area contributed by atoms with Gasteiger partial charge in [-0.15, -0.1) is 6.58 Å². The average Bonchev–Trinajstić information content (AvgIpc) is 2.01. The SMILES string of the molecule is C=CC(C)(CCC=C(C)C)[Si](C)(C)C. The van der Waals surface area contributed by atoms with Gasteiger partial charge in [-0.25, -0.2) is 0 Å². The van der Waals surface area contributed by atoms with Crippen LogP contribution in [-0.4, -0.2) is 8.07 Å². The van der Waals surface area contributed by atoms with Crippen molar-refractivity contribution in [1.82, 2.24) is 0 Å². The molecule has 0 aromatic rings. The molecule has 1 heteroatoms. The summed E-state index contributed by atoms with van der Waals surface area (Å²) in [5.41, 5.74) is 1.42. The van der Waals surface area contributed by atoms with Gasteiger partial charge in [0.15, 0.2) is 0 Å². The van der Waals surface area contributed by atoms with Gasteiger partial charge in [-0.05, 0) is 31.7 Å². The zero-order chi connectivity index (χ0) is 11.4. The van der Waals surface area contributed by atoms with Crippen LogP contribution in [0.5, 0.6) is 0 Å². The first-order valence-corrected chi connectivity index (χ1v) is 9.00. The van der Waals surface area contributed by atoms with Crippen LogP contribution >= 0.6 is 0 Å². The Kier molecular flexibility index (Phi) is 4.86. The maximum absolute atomic E-state index is 4.01. The molecule has 0 nitrogen and oxygen atoms in total. The van der Waals surface area contributed by atoms with E-state index >= 15 is 0 Å².